The summed E-state index contributed by atoms with van der Waals surface area (Å²) in [6, 6.07) is 20.5. The molecule has 1 saturated carbocycles. The predicted molar refractivity (Wildman–Crippen MR) is 141 cm³/mol. The average Bonchev–Trinajstić information content (AvgIpc) is 3.47. The van der Waals surface area contributed by atoms with Crippen LogP contribution in [0.3, 0.4) is 0 Å². The second-order valence-electron chi connectivity index (χ2n) is 9.66. The van der Waals surface area contributed by atoms with E-state index in [1.165, 1.54) is 6.42 Å². The second-order valence-corrected chi connectivity index (χ2v) is 9.66. The third-order valence-electron chi connectivity index (χ3n) is 7.22. The van der Waals surface area contributed by atoms with Gasteiger partial charge in [0, 0.05) is 54.3 Å². The van der Waals surface area contributed by atoms with Gasteiger partial charge in [0.2, 0.25) is 0 Å². The van der Waals surface area contributed by atoms with Gasteiger partial charge in [-0.2, -0.15) is 0 Å². The second kappa shape index (κ2) is 9.55. The fourth-order valence-electron chi connectivity index (χ4n) is 5.35. The molecule has 1 amide bonds. The number of aryl methyl sites for hydroxylation is 1. The third-order valence-corrected chi connectivity index (χ3v) is 7.22. The first-order valence-corrected chi connectivity index (χ1v) is 12.2. The predicted octanol–water partition coefficient (Wildman–Crippen LogP) is 5.36. The summed E-state index contributed by atoms with van der Waals surface area (Å²) in [4.78, 5) is 13.0. The van der Waals surface area contributed by atoms with Gasteiger partial charge >= 0.3 is 0 Å². The Morgan fingerprint density at radius 1 is 1.00 bits per heavy atom. The zero-order chi connectivity index (χ0) is 24.5. The van der Waals surface area contributed by atoms with Gasteiger partial charge in [0.25, 0.3) is 5.91 Å². The van der Waals surface area contributed by atoms with E-state index in [4.69, 9.17) is 10.1 Å². The molecular formula is C29H32N4O2. The molecule has 2 fully saturated rings. The molecule has 5 rings (SSSR count). The molecule has 0 unspecified atom stereocenters. The maximum absolute atomic E-state index is 13.0. The molecule has 4 N–H and O–H groups in total. The van der Waals surface area contributed by atoms with Crippen LogP contribution in [0.2, 0.25) is 0 Å². The van der Waals surface area contributed by atoms with Gasteiger partial charge in [-0.1, -0.05) is 24.3 Å². The van der Waals surface area contributed by atoms with Crippen LogP contribution in [-0.2, 0) is 0 Å². The van der Waals surface area contributed by atoms with Crippen LogP contribution in [0.1, 0.15) is 41.3 Å². The number of hydrogen-bond acceptors (Lipinski definition) is 5. The fraction of sp³-hybridized carbons (Fsp3) is 0.310. The third kappa shape index (κ3) is 4.80. The SMILES string of the molecule is CNc1cc(Oc2cccc(-c3ccc(C(=O)N[C@@H]4C[C@H]5C[C@@H]4CN5)c(C)c3)c2)ccc1C(C)=N. The van der Waals surface area contributed by atoms with Crippen molar-refractivity contribution in [2.45, 2.75) is 38.8 Å². The molecule has 1 saturated heterocycles. The number of ether oxygens (including phenoxy) is 1. The highest BCUT2D eigenvalue weighted by atomic mass is 16.5. The number of fused-ring (bicyclic) bond motifs is 2. The largest absolute Gasteiger partial charge is 0.457 e. The van der Waals surface area contributed by atoms with Crippen LogP contribution < -0.4 is 20.7 Å². The Bertz CT molecular complexity index is 1290. The number of benzene rings is 3. The molecule has 1 heterocycles. The molecule has 180 valence electrons. The smallest absolute Gasteiger partial charge is 0.251 e. The molecular weight excluding hydrogens is 436 g/mol. The summed E-state index contributed by atoms with van der Waals surface area (Å²) in [5, 5.41) is 17.8. The van der Waals surface area contributed by atoms with Crippen LogP contribution in [0.4, 0.5) is 5.69 Å². The van der Waals surface area contributed by atoms with Gasteiger partial charge in [0.1, 0.15) is 11.5 Å². The maximum atomic E-state index is 13.0. The van der Waals surface area contributed by atoms with E-state index in [1.807, 2.05) is 68.6 Å². The number of carbonyl (C=O) groups excluding carboxylic acids is 1. The Hall–Kier alpha value is -3.64. The van der Waals surface area contributed by atoms with E-state index in [9.17, 15) is 4.79 Å². The molecule has 1 aliphatic heterocycles. The minimum Gasteiger partial charge on any atom is -0.457 e. The first-order valence-electron chi connectivity index (χ1n) is 12.2. The van der Waals surface area contributed by atoms with E-state index in [2.05, 4.69) is 22.0 Å². The van der Waals surface area contributed by atoms with Gasteiger partial charge < -0.3 is 26.1 Å². The van der Waals surface area contributed by atoms with Gasteiger partial charge in [0.15, 0.2) is 0 Å². The Balaban J connectivity index is 1.31. The lowest BCUT2D eigenvalue weighted by molar-refractivity contribution is 0.0924. The summed E-state index contributed by atoms with van der Waals surface area (Å²) in [5.74, 6) is 2.01. The van der Waals surface area contributed by atoms with E-state index in [1.54, 1.807) is 6.92 Å². The number of piperidine rings is 1. The summed E-state index contributed by atoms with van der Waals surface area (Å²) in [5.41, 5.74) is 5.98. The van der Waals surface area contributed by atoms with E-state index in [0.717, 1.165) is 52.2 Å². The van der Waals surface area contributed by atoms with Crippen LogP contribution in [0, 0.1) is 18.3 Å². The molecule has 3 aromatic rings. The van der Waals surface area contributed by atoms with Crippen LogP contribution in [0.5, 0.6) is 11.5 Å². The Morgan fingerprint density at radius 3 is 2.46 bits per heavy atom. The van der Waals surface area contributed by atoms with Crippen LogP contribution in [0.25, 0.3) is 11.1 Å². The van der Waals surface area contributed by atoms with Crippen molar-refractivity contribution in [1.82, 2.24) is 10.6 Å². The monoisotopic (exact) mass is 468 g/mol. The highest BCUT2D eigenvalue weighted by molar-refractivity contribution is 6.01. The molecule has 0 spiro atoms. The number of nitrogens with one attached hydrogen (secondary N) is 4. The topological polar surface area (TPSA) is 86.2 Å². The van der Waals surface area contributed by atoms with Crippen LogP contribution >= 0.6 is 0 Å². The Labute approximate surface area is 206 Å². The summed E-state index contributed by atoms with van der Waals surface area (Å²) < 4.78 is 6.13. The number of amides is 1. The minimum atomic E-state index is 0.0210. The average molecular weight is 469 g/mol. The van der Waals surface area contributed by atoms with Gasteiger partial charge in [0.05, 0.1) is 0 Å². The fourth-order valence-corrected chi connectivity index (χ4v) is 5.35. The molecule has 2 bridgehead atoms. The molecule has 35 heavy (non-hydrogen) atoms. The van der Waals surface area contributed by atoms with Gasteiger partial charge in [-0.3, -0.25) is 4.79 Å². The Kier molecular flexibility index (Phi) is 6.31. The van der Waals surface area contributed by atoms with Gasteiger partial charge in [-0.05, 0) is 79.6 Å². The highest BCUT2D eigenvalue weighted by Crippen LogP contribution is 2.33. The van der Waals surface area contributed by atoms with Crippen molar-refractivity contribution in [2.24, 2.45) is 5.92 Å². The van der Waals surface area contributed by atoms with Gasteiger partial charge in [-0.15, -0.1) is 0 Å². The van der Waals surface area contributed by atoms with Crippen LogP contribution in [-0.4, -0.2) is 37.3 Å². The zero-order valence-corrected chi connectivity index (χ0v) is 20.4. The first kappa shape index (κ1) is 23.1. The molecule has 6 nitrogen and oxygen atoms in total. The molecule has 6 heteroatoms. The summed E-state index contributed by atoms with van der Waals surface area (Å²) in [7, 11) is 1.84. The van der Waals surface area contributed by atoms with Crippen molar-refractivity contribution in [2.75, 3.05) is 18.9 Å². The number of carbonyl (C=O) groups is 1. The van der Waals surface area contributed by atoms with Gasteiger partial charge in [-0.25, -0.2) is 0 Å². The summed E-state index contributed by atoms with van der Waals surface area (Å²) in [6.45, 7) is 4.77. The molecule has 0 aromatic heterocycles. The lowest BCUT2D eigenvalue weighted by Crippen LogP contribution is -2.44. The first-order chi connectivity index (χ1) is 16.9. The minimum absolute atomic E-state index is 0.0210. The molecule has 2 aliphatic rings. The van der Waals surface area contributed by atoms with Crippen molar-refractivity contribution in [1.29, 1.82) is 5.41 Å². The van der Waals surface area contributed by atoms with Crippen molar-refractivity contribution < 1.29 is 9.53 Å². The van der Waals surface area contributed by atoms with Crippen molar-refractivity contribution >= 4 is 17.3 Å². The van der Waals surface area contributed by atoms with Crippen molar-refractivity contribution in [3.05, 3.63) is 77.4 Å². The number of anilines is 1. The van der Waals surface area contributed by atoms with Crippen LogP contribution in [0.15, 0.2) is 60.7 Å². The molecule has 0 radical (unpaired) electrons. The normalized spacial score (nSPS) is 20.5. The lowest BCUT2D eigenvalue weighted by Gasteiger charge is -2.24. The molecule has 3 aromatic carbocycles. The van der Waals surface area contributed by atoms with E-state index in [-0.39, 0.29) is 11.9 Å². The molecule has 3 atom stereocenters. The highest BCUT2D eigenvalue weighted by Gasteiger charge is 2.40. The van der Waals surface area contributed by atoms with Crippen molar-refractivity contribution in [3.8, 4) is 22.6 Å². The van der Waals surface area contributed by atoms with E-state index < -0.39 is 0 Å². The Morgan fingerprint density at radius 2 is 1.77 bits per heavy atom. The quantitative estimate of drug-likeness (QED) is 0.352. The van der Waals surface area contributed by atoms with E-state index in [0.29, 0.717) is 23.4 Å². The maximum Gasteiger partial charge on any atom is 0.251 e. The number of rotatable bonds is 7. The summed E-state index contributed by atoms with van der Waals surface area (Å²) >= 11 is 0. The van der Waals surface area contributed by atoms with Crippen molar-refractivity contribution in [3.63, 3.8) is 0 Å². The lowest BCUT2D eigenvalue weighted by atomic mass is 9.98. The standard InChI is InChI=1S/C29H32N4O2/c1-17-11-20(7-9-25(17)29(34)33-27-14-22-12-21(27)16-32-22)19-5-4-6-23(13-19)35-24-8-10-26(18(2)30)28(15-24)31-3/h4-11,13,15,21-22,27,30-32H,12,14,16H2,1-3H3,(H,33,34)/t21-,22-,27-/m1/s1. The zero-order valence-electron chi connectivity index (χ0n) is 20.4. The summed E-state index contributed by atoms with van der Waals surface area (Å²) in [6.07, 6.45) is 2.20. The number of hydrogen-bond donors (Lipinski definition) is 4. The molecule has 1 aliphatic carbocycles. The van der Waals surface area contributed by atoms with E-state index >= 15 is 0 Å².